The lowest BCUT2D eigenvalue weighted by molar-refractivity contribution is 0.470. The van der Waals surface area contributed by atoms with E-state index in [2.05, 4.69) is 33.0 Å². The Hall–Kier alpha value is -0.0400. The van der Waals surface area contributed by atoms with Crippen molar-refractivity contribution in [3.63, 3.8) is 0 Å². The first-order valence-electron chi connectivity index (χ1n) is 5.37. The lowest BCUT2D eigenvalue weighted by Crippen LogP contribution is -2.19. The summed E-state index contributed by atoms with van der Waals surface area (Å²) in [6.45, 7) is 11.5. The molecule has 0 aliphatic carbocycles. The second-order valence-electron chi connectivity index (χ2n) is 4.23. The van der Waals surface area contributed by atoms with Gasteiger partial charge in [0.1, 0.15) is 0 Å². The van der Waals surface area contributed by atoms with Crippen LogP contribution in [-0.2, 0) is 0 Å². The molecule has 0 spiro atoms. The van der Waals surface area contributed by atoms with Crippen LogP contribution in [0.3, 0.4) is 0 Å². The zero-order valence-corrected chi connectivity index (χ0v) is 9.19. The summed E-state index contributed by atoms with van der Waals surface area (Å²) in [5.41, 5.74) is 0. The maximum absolute atomic E-state index is 3.48. The highest BCUT2D eigenvalue weighted by atomic mass is 14.8. The monoisotopic (exact) mass is 171 g/mol. The quantitative estimate of drug-likeness (QED) is 0.580. The van der Waals surface area contributed by atoms with E-state index in [-0.39, 0.29) is 0 Å². The molecule has 1 N–H and O–H groups in total. The first-order chi connectivity index (χ1) is 5.66. The predicted molar refractivity (Wildman–Crippen MR) is 56.4 cm³/mol. The molecule has 0 aliphatic heterocycles. The highest BCUT2D eigenvalue weighted by Gasteiger charge is 1.97. The van der Waals surface area contributed by atoms with Crippen molar-refractivity contribution < 1.29 is 0 Å². The van der Waals surface area contributed by atoms with Gasteiger partial charge in [0.25, 0.3) is 0 Å². The van der Waals surface area contributed by atoms with E-state index < -0.39 is 0 Å². The standard InChI is InChI=1S/C11H25N/c1-5-11(4)7-9-12-8-6-10(2)3/h10-12H,5-9H2,1-4H3. The van der Waals surface area contributed by atoms with Crippen LogP contribution in [0.5, 0.6) is 0 Å². The van der Waals surface area contributed by atoms with E-state index in [1.54, 1.807) is 0 Å². The molecule has 1 heteroatoms. The largest absolute Gasteiger partial charge is 0.317 e. The molecule has 12 heavy (non-hydrogen) atoms. The SMILES string of the molecule is CCC(C)CCNCCC(C)C. The first-order valence-corrected chi connectivity index (χ1v) is 5.37. The van der Waals surface area contributed by atoms with Gasteiger partial charge < -0.3 is 5.32 Å². The zero-order chi connectivity index (χ0) is 9.40. The topological polar surface area (TPSA) is 12.0 Å². The molecule has 0 rings (SSSR count). The molecule has 0 aromatic heterocycles. The van der Waals surface area contributed by atoms with Crippen LogP contribution < -0.4 is 5.32 Å². The molecule has 0 saturated carbocycles. The van der Waals surface area contributed by atoms with E-state index in [0.29, 0.717) is 0 Å². The molecule has 0 amide bonds. The average molecular weight is 171 g/mol. The third kappa shape index (κ3) is 8.06. The molecule has 0 aromatic rings. The average Bonchev–Trinajstić information content (AvgIpc) is 2.03. The van der Waals surface area contributed by atoms with Crippen molar-refractivity contribution in [2.45, 2.75) is 47.0 Å². The Bertz CT molecular complexity index is 89.0. The molecule has 0 bridgehead atoms. The van der Waals surface area contributed by atoms with Crippen molar-refractivity contribution in [3.8, 4) is 0 Å². The summed E-state index contributed by atoms with van der Waals surface area (Å²) >= 11 is 0. The number of hydrogen-bond acceptors (Lipinski definition) is 1. The fraction of sp³-hybridized carbons (Fsp3) is 1.00. The molecule has 0 heterocycles. The van der Waals surface area contributed by atoms with Crippen LogP contribution >= 0.6 is 0 Å². The number of rotatable bonds is 7. The second kappa shape index (κ2) is 7.60. The fourth-order valence-corrected chi connectivity index (χ4v) is 1.07. The van der Waals surface area contributed by atoms with Crippen molar-refractivity contribution >= 4 is 0 Å². The van der Waals surface area contributed by atoms with Gasteiger partial charge in [-0.1, -0.05) is 34.1 Å². The molecule has 0 fully saturated rings. The van der Waals surface area contributed by atoms with Crippen LogP contribution in [0.1, 0.15) is 47.0 Å². The highest BCUT2D eigenvalue weighted by molar-refractivity contribution is 4.55. The normalized spacial score (nSPS) is 13.8. The Balaban J connectivity index is 3.00. The van der Waals surface area contributed by atoms with Gasteiger partial charge in [-0.2, -0.15) is 0 Å². The number of hydrogen-bond donors (Lipinski definition) is 1. The maximum atomic E-state index is 3.48. The summed E-state index contributed by atoms with van der Waals surface area (Å²) < 4.78 is 0. The molecule has 0 radical (unpaired) electrons. The molecule has 0 aliphatic rings. The molecule has 0 aromatic carbocycles. The van der Waals surface area contributed by atoms with Gasteiger partial charge in [0, 0.05) is 0 Å². The van der Waals surface area contributed by atoms with Gasteiger partial charge >= 0.3 is 0 Å². The van der Waals surface area contributed by atoms with Crippen LogP contribution in [0.2, 0.25) is 0 Å². The Morgan fingerprint density at radius 1 is 1.00 bits per heavy atom. The van der Waals surface area contributed by atoms with Crippen LogP contribution in [-0.4, -0.2) is 13.1 Å². The molecule has 1 unspecified atom stereocenters. The number of nitrogens with one attached hydrogen (secondary N) is 1. The van der Waals surface area contributed by atoms with Gasteiger partial charge in [-0.3, -0.25) is 0 Å². The Kier molecular flexibility index (Phi) is 7.58. The summed E-state index contributed by atoms with van der Waals surface area (Å²) in [4.78, 5) is 0. The zero-order valence-electron chi connectivity index (χ0n) is 9.19. The minimum atomic E-state index is 0.834. The molecule has 74 valence electrons. The van der Waals surface area contributed by atoms with Gasteiger partial charge in [0.15, 0.2) is 0 Å². The Morgan fingerprint density at radius 2 is 1.58 bits per heavy atom. The minimum absolute atomic E-state index is 0.834. The minimum Gasteiger partial charge on any atom is -0.317 e. The van der Waals surface area contributed by atoms with Crippen LogP contribution in [0, 0.1) is 11.8 Å². The van der Waals surface area contributed by atoms with E-state index in [4.69, 9.17) is 0 Å². The van der Waals surface area contributed by atoms with Gasteiger partial charge in [-0.15, -0.1) is 0 Å². The van der Waals surface area contributed by atoms with Crippen LogP contribution in [0.25, 0.3) is 0 Å². The van der Waals surface area contributed by atoms with E-state index in [9.17, 15) is 0 Å². The summed E-state index contributed by atoms with van der Waals surface area (Å²) in [5, 5.41) is 3.48. The lowest BCUT2D eigenvalue weighted by Gasteiger charge is -2.10. The van der Waals surface area contributed by atoms with Gasteiger partial charge in [0.2, 0.25) is 0 Å². The van der Waals surface area contributed by atoms with Crippen molar-refractivity contribution in [3.05, 3.63) is 0 Å². The molecule has 0 saturated heterocycles. The first kappa shape index (κ1) is 12.0. The molecular formula is C11H25N. The van der Waals surface area contributed by atoms with Crippen molar-refractivity contribution in [2.75, 3.05) is 13.1 Å². The molecule has 1 nitrogen and oxygen atoms in total. The van der Waals surface area contributed by atoms with E-state index in [0.717, 1.165) is 11.8 Å². The molecule has 1 atom stereocenters. The second-order valence-corrected chi connectivity index (χ2v) is 4.23. The van der Waals surface area contributed by atoms with Gasteiger partial charge in [-0.25, -0.2) is 0 Å². The summed E-state index contributed by atoms with van der Waals surface area (Å²) in [6, 6.07) is 0. The van der Waals surface area contributed by atoms with E-state index in [1.165, 1.54) is 32.4 Å². The van der Waals surface area contributed by atoms with E-state index >= 15 is 0 Å². The summed E-state index contributed by atoms with van der Waals surface area (Å²) in [5.74, 6) is 1.72. The Labute approximate surface area is 77.9 Å². The van der Waals surface area contributed by atoms with Crippen LogP contribution in [0.4, 0.5) is 0 Å². The summed E-state index contributed by atoms with van der Waals surface area (Å²) in [7, 11) is 0. The Morgan fingerprint density at radius 3 is 2.08 bits per heavy atom. The third-order valence-electron chi connectivity index (χ3n) is 2.41. The molecular weight excluding hydrogens is 146 g/mol. The predicted octanol–water partition coefficient (Wildman–Crippen LogP) is 3.06. The fourth-order valence-electron chi connectivity index (χ4n) is 1.07. The summed E-state index contributed by atoms with van der Waals surface area (Å²) in [6.07, 6.45) is 3.95. The highest BCUT2D eigenvalue weighted by Crippen LogP contribution is 2.04. The van der Waals surface area contributed by atoms with Crippen molar-refractivity contribution in [1.29, 1.82) is 0 Å². The smallest absolute Gasteiger partial charge is 0.00464 e. The van der Waals surface area contributed by atoms with E-state index in [1.807, 2.05) is 0 Å². The van der Waals surface area contributed by atoms with Crippen LogP contribution in [0.15, 0.2) is 0 Å². The van der Waals surface area contributed by atoms with Gasteiger partial charge in [-0.05, 0) is 37.8 Å². The van der Waals surface area contributed by atoms with Gasteiger partial charge in [0.05, 0.1) is 0 Å². The maximum Gasteiger partial charge on any atom is -0.00464 e. The lowest BCUT2D eigenvalue weighted by atomic mass is 10.1. The third-order valence-corrected chi connectivity index (χ3v) is 2.41. The van der Waals surface area contributed by atoms with Crippen molar-refractivity contribution in [1.82, 2.24) is 5.32 Å². The van der Waals surface area contributed by atoms with Crippen molar-refractivity contribution in [2.24, 2.45) is 11.8 Å².